The van der Waals surface area contributed by atoms with Crippen molar-refractivity contribution in [3.05, 3.63) is 100 Å². The van der Waals surface area contributed by atoms with Gasteiger partial charge in [-0.15, -0.1) is 11.3 Å². The number of alkyl halides is 3. The number of thiazole rings is 1. The van der Waals surface area contributed by atoms with Gasteiger partial charge in [0.25, 0.3) is 5.91 Å². The molecule has 0 aliphatic carbocycles. The van der Waals surface area contributed by atoms with Gasteiger partial charge in [-0.05, 0) is 92.4 Å². The molecular weight excluding hydrogens is 948 g/mol. The molecule has 6 rings (SSSR count). The average Bonchev–Trinajstić information content (AvgIpc) is 3.98. The maximum atomic E-state index is 14.0. The average molecular weight is 1010 g/mol. The highest BCUT2D eigenvalue weighted by molar-refractivity contribution is 7.81. The van der Waals surface area contributed by atoms with Gasteiger partial charge in [0, 0.05) is 56.9 Å². The fourth-order valence-corrected chi connectivity index (χ4v) is 9.49. The van der Waals surface area contributed by atoms with Gasteiger partial charge in [0.05, 0.1) is 54.1 Å². The van der Waals surface area contributed by atoms with Gasteiger partial charge in [-0.1, -0.05) is 51.1 Å². The SMILES string of the molecule is [C-]#[N+]c1ccc(N2C(=O)C(C)(C)N(c3ccc(OCCCOCCOCCCC(=O)N[C@H](C(=O)N4C[C@H](O)C[C@H]4C(=O)NCc4ccc(-c5scnc5C)cc4)C(C)(C)C)cc3)C2=S)cc1C(F)(F)F. The summed E-state index contributed by atoms with van der Waals surface area (Å²) in [5.41, 5.74) is 1.48. The zero-order valence-corrected chi connectivity index (χ0v) is 41.6. The summed E-state index contributed by atoms with van der Waals surface area (Å²) < 4.78 is 58.3. The number of rotatable bonds is 20. The van der Waals surface area contributed by atoms with Crippen molar-refractivity contribution in [2.24, 2.45) is 5.41 Å². The molecule has 2 fully saturated rings. The van der Waals surface area contributed by atoms with Crippen molar-refractivity contribution in [3.8, 4) is 16.2 Å². The van der Waals surface area contributed by atoms with Crippen LogP contribution in [0.15, 0.2) is 72.2 Å². The predicted molar refractivity (Wildman–Crippen MR) is 263 cm³/mol. The molecule has 2 aliphatic rings. The van der Waals surface area contributed by atoms with Crippen LogP contribution in [-0.4, -0.2) is 107 Å². The smallest absolute Gasteiger partial charge is 0.407 e. The van der Waals surface area contributed by atoms with E-state index in [2.05, 4.69) is 20.5 Å². The predicted octanol–water partition coefficient (Wildman–Crippen LogP) is 8.00. The lowest BCUT2D eigenvalue weighted by Gasteiger charge is -2.35. The Morgan fingerprint density at radius 2 is 1.63 bits per heavy atom. The first-order valence-electron chi connectivity index (χ1n) is 22.8. The van der Waals surface area contributed by atoms with Crippen LogP contribution in [0.4, 0.5) is 30.2 Å². The Hall–Kier alpha value is -5.98. The number of aromatic nitrogens is 1. The third-order valence-corrected chi connectivity index (χ3v) is 13.2. The number of hydrogen-bond donors (Lipinski definition) is 3. The molecule has 70 heavy (non-hydrogen) atoms. The highest BCUT2D eigenvalue weighted by Gasteiger charge is 2.51. The molecule has 2 saturated heterocycles. The van der Waals surface area contributed by atoms with Crippen molar-refractivity contribution in [1.82, 2.24) is 20.5 Å². The molecule has 3 N–H and O–H groups in total. The van der Waals surface area contributed by atoms with E-state index in [1.807, 2.05) is 52.0 Å². The maximum absolute atomic E-state index is 14.0. The fraction of sp³-hybridized carbons (Fsp3) is 0.460. The summed E-state index contributed by atoms with van der Waals surface area (Å²) in [5.74, 6) is -1.13. The number of amides is 4. The molecule has 374 valence electrons. The number of aliphatic hydroxyl groups is 1. The van der Waals surface area contributed by atoms with Crippen molar-refractivity contribution in [3.63, 3.8) is 0 Å². The van der Waals surface area contributed by atoms with Crippen LogP contribution < -0.4 is 25.2 Å². The number of aliphatic hydroxyl groups excluding tert-OH is 1. The number of hydrogen-bond acceptors (Lipinski definition) is 11. The lowest BCUT2D eigenvalue weighted by Crippen LogP contribution is -2.57. The van der Waals surface area contributed by atoms with E-state index in [1.54, 1.807) is 59.9 Å². The number of thiocarbonyl (C=S) groups is 1. The summed E-state index contributed by atoms with van der Waals surface area (Å²) in [4.78, 5) is 66.3. The number of ether oxygens (including phenoxy) is 3. The first-order valence-corrected chi connectivity index (χ1v) is 24.1. The molecule has 3 atom stereocenters. The van der Waals surface area contributed by atoms with Crippen molar-refractivity contribution in [1.29, 1.82) is 0 Å². The van der Waals surface area contributed by atoms with Crippen LogP contribution in [-0.2, 0) is 41.4 Å². The molecule has 0 bridgehead atoms. The molecule has 0 saturated carbocycles. The molecule has 1 aromatic heterocycles. The Labute approximate surface area is 415 Å². The number of halogens is 3. The molecule has 15 nitrogen and oxygen atoms in total. The van der Waals surface area contributed by atoms with Crippen LogP contribution in [0.1, 0.15) is 77.1 Å². The van der Waals surface area contributed by atoms with Crippen molar-refractivity contribution < 1.29 is 51.7 Å². The van der Waals surface area contributed by atoms with Gasteiger partial charge in [0.1, 0.15) is 23.4 Å². The second-order valence-corrected chi connectivity index (χ2v) is 19.8. The minimum Gasteiger partial charge on any atom is -0.494 e. The van der Waals surface area contributed by atoms with Gasteiger partial charge < -0.3 is 39.8 Å². The minimum atomic E-state index is -4.80. The number of nitrogens with one attached hydrogen (secondary N) is 2. The summed E-state index contributed by atoms with van der Waals surface area (Å²) in [6, 6.07) is 15.9. The molecule has 0 unspecified atom stereocenters. The number of nitrogens with zero attached hydrogens (tertiary/aromatic N) is 5. The van der Waals surface area contributed by atoms with E-state index in [0.717, 1.165) is 38.7 Å². The van der Waals surface area contributed by atoms with E-state index >= 15 is 0 Å². The van der Waals surface area contributed by atoms with E-state index in [0.29, 0.717) is 57.3 Å². The second-order valence-electron chi connectivity index (χ2n) is 18.6. The Morgan fingerprint density at radius 1 is 0.971 bits per heavy atom. The number of carbonyl (C=O) groups excluding carboxylic acids is 4. The van der Waals surface area contributed by atoms with Gasteiger partial charge in [0.2, 0.25) is 17.7 Å². The van der Waals surface area contributed by atoms with E-state index in [9.17, 15) is 37.5 Å². The van der Waals surface area contributed by atoms with E-state index in [4.69, 9.17) is 33.0 Å². The number of carbonyl (C=O) groups is 4. The summed E-state index contributed by atoms with van der Waals surface area (Å²) in [6.45, 7) is 19.7. The van der Waals surface area contributed by atoms with Gasteiger partial charge in [0.15, 0.2) is 10.8 Å². The summed E-state index contributed by atoms with van der Waals surface area (Å²) >= 11 is 7.18. The topological polar surface area (TPSA) is 167 Å². The first kappa shape index (κ1) is 53.4. The Bertz CT molecular complexity index is 2560. The molecule has 2 aliphatic heterocycles. The lowest BCUT2D eigenvalue weighted by molar-refractivity contribution is -0.144. The standard InChI is InChI=1S/C50H58F3N7O8S2/c1-31-42(70-30-56-31)33-13-11-32(12-14-33)28-55-44(63)40-27-36(61)29-58(40)45(64)43(48(2,3)4)57-41(62)10-8-21-66-24-25-67-22-9-23-68-37-18-15-34(16-19-37)60-47(69)59(46(65)49(60,5)6)35-17-20-39(54-7)38(26-35)50(51,52)53/h11-20,26,30,36,40,43,61H,8-10,21-25,27-29H2,1-6H3,(H,55,63)(H,57,62)/t36-,40+,43-/m1/s1. The molecule has 0 spiro atoms. The number of β-amino-alcohol motifs (C(OH)–C–C–N with tert-alkyl or cyclic N) is 1. The lowest BCUT2D eigenvalue weighted by atomic mass is 9.85. The highest BCUT2D eigenvalue weighted by Crippen LogP contribution is 2.42. The number of likely N-dealkylation sites (tertiary alicyclic amines) is 1. The second kappa shape index (κ2) is 22.8. The molecule has 4 aromatic rings. The number of benzene rings is 3. The van der Waals surface area contributed by atoms with Crippen molar-refractivity contribution in [2.75, 3.05) is 49.4 Å². The quantitative estimate of drug-likeness (QED) is 0.0446. The molecule has 4 amide bonds. The normalized spacial score (nSPS) is 17.4. The van der Waals surface area contributed by atoms with Crippen LogP contribution in [0.3, 0.4) is 0 Å². The van der Waals surface area contributed by atoms with Crippen LogP contribution in [0, 0.1) is 18.9 Å². The number of anilines is 2. The van der Waals surface area contributed by atoms with Crippen molar-refractivity contribution >= 4 is 69.4 Å². The van der Waals surface area contributed by atoms with Crippen LogP contribution in [0.5, 0.6) is 5.75 Å². The third-order valence-electron chi connectivity index (χ3n) is 11.9. The van der Waals surface area contributed by atoms with Gasteiger partial charge in [-0.3, -0.25) is 24.1 Å². The third kappa shape index (κ3) is 12.9. The fourth-order valence-electron chi connectivity index (χ4n) is 8.16. The molecule has 0 radical (unpaired) electrons. The highest BCUT2D eigenvalue weighted by atomic mass is 32.1. The van der Waals surface area contributed by atoms with E-state index in [1.165, 1.54) is 11.0 Å². The molecule has 3 heterocycles. The van der Waals surface area contributed by atoms with Gasteiger partial charge >= 0.3 is 6.18 Å². The Balaban J connectivity index is 0.867. The Kier molecular flexibility index (Phi) is 17.4. The molecular formula is C50H58F3N7O8S2. The maximum Gasteiger partial charge on any atom is 0.407 e. The summed E-state index contributed by atoms with van der Waals surface area (Å²) in [7, 11) is 0. The first-order chi connectivity index (χ1) is 33.1. The van der Waals surface area contributed by atoms with Gasteiger partial charge in [-0.2, -0.15) is 13.2 Å². The van der Waals surface area contributed by atoms with Crippen molar-refractivity contribution in [2.45, 2.75) is 104 Å². The molecule has 3 aromatic carbocycles. The van der Waals surface area contributed by atoms with Gasteiger partial charge in [-0.25, -0.2) is 9.83 Å². The van der Waals surface area contributed by atoms with E-state index in [-0.39, 0.29) is 48.5 Å². The van der Waals surface area contributed by atoms with Crippen LogP contribution in [0.2, 0.25) is 0 Å². The summed E-state index contributed by atoms with van der Waals surface area (Å²) in [6.07, 6.45) is -4.51. The van der Waals surface area contributed by atoms with E-state index < -0.39 is 58.4 Å². The van der Waals surface area contributed by atoms with Crippen LogP contribution in [0.25, 0.3) is 15.3 Å². The largest absolute Gasteiger partial charge is 0.494 e. The Morgan fingerprint density at radius 3 is 2.24 bits per heavy atom. The molecule has 20 heteroatoms. The number of aryl methyl sites for hydroxylation is 1. The van der Waals surface area contributed by atoms with Crippen LogP contribution >= 0.6 is 23.6 Å². The monoisotopic (exact) mass is 1010 g/mol. The minimum absolute atomic E-state index is 0.00645. The summed E-state index contributed by atoms with van der Waals surface area (Å²) in [5, 5.41) is 16.3. The zero-order valence-electron chi connectivity index (χ0n) is 39.9. The zero-order chi connectivity index (χ0) is 51.0.